The number of rotatable bonds is 5. The van der Waals surface area contributed by atoms with E-state index in [0.29, 0.717) is 22.7 Å². The van der Waals surface area contributed by atoms with Crippen LogP contribution in [0.2, 0.25) is 0 Å². The van der Waals surface area contributed by atoms with Gasteiger partial charge >= 0.3 is 0 Å². The third-order valence-corrected chi connectivity index (χ3v) is 4.08. The third-order valence-electron chi connectivity index (χ3n) is 4.08. The lowest BCUT2D eigenvalue weighted by Gasteiger charge is -2.30. The summed E-state index contributed by atoms with van der Waals surface area (Å²) in [6.07, 6.45) is 1.46. The number of nitrogens with two attached hydrogens (primary N) is 2. The highest BCUT2D eigenvalue weighted by Crippen LogP contribution is 2.37. The molecule has 1 aliphatic heterocycles. The number of benzene rings is 2. The Hall–Kier alpha value is -3.92. The number of nitrogens with zero attached hydrogens (tertiary/aromatic N) is 2. The van der Waals surface area contributed by atoms with E-state index in [2.05, 4.69) is 0 Å². The van der Waals surface area contributed by atoms with E-state index in [1.54, 1.807) is 18.2 Å². The zero-order valence-electron chi connectivity index (χ0n) is 14.6. The maximum atomic E-state index is 12.9. The van der Waals surface area contributed by atoms with Crippen LogP contribution < -0.4 is 26.6 Å². The summed E-state index contributed by atoms with van der Waals surface area (Å²) in [5.74, 6) is 4.58. The first kappa shape index (κ1) is 18.9. The standard InChI is InChI=1S/C18H17N5O5/c19-12-3-6-14-15(10-12)28-16(18(25)22(14)8-7-17(24)21-20)9-11-1-4-13(5-2-11)23(26)27/h1-6,9-10H,7-8,19-20H2,(H,21,24)/b16-9+. The summed E-state index contributed by atoms with van der Waals surface area (Å²) in [6, 6.07) is 10.5. The smallest absolute Gasteiger partial charge is 0.294 e. The predicted octanol–water partition coefficient (Wildman–Crippen LogP) is 1.32. The number of ether oxygens (including phenoxy) is 1. The molecular formula is C18H17N5O5. The molecule has 0 aliphatic carbocycles. The van der Waals surface area contributed by atoms with Crippen molar-refractivity contribution in [1.82, 2.24) is 5.43 Å². The van der Waals surface area contributed by atoms with Crippen molar-refractivity contribution in [2.45, 2.75) is 6.42 Å². The van der Waals surface area contributed by atoms with Crippen LogP contribution in [-0.2, 0) is 9.59 Å². The second kappa shape index (κ2) is 7.76. The zero-order valence-corrected chi connectivity index (χ0v) is 14.6. The van der Waals surface area contributed by atoms with E-state index in [4.69, 9.17) is 16.3 Å². The largest absolute Gasteiger partial charge is 0.449 e. The van der Waals surface area contributed by atoms with Gasteiger partial charge in [0.05, 0.1) is 10.6 Å². The van der Waals surface area contributed by atoms with Crippen molar-refractivity contribution in [1.29, 1.82) is 0 Å². The molecule has 0 aromatic heterocycles. The predicted molar refractivity (Wildman–Crippen MR) is 102 cm³/mol. The van der Waals surface area contributed by atoms with Crippen molar-refractivity contribution in [2.75, 3.05) is 17.2 Å². The molecule has 0 radical (unpaired) electrons. The number of fused-ring (bicyclic) bond motifs is 1. The van der Waals surface area contributed by atoms with Crippen LogP contribution in [0.3, 0.4) is 0 Å². The second-order valence-corrected chi connectivity index (χ2v) is 5.96. The van der Waals surface area contributed by atoms with Gasteiger partial charge < -0.3 is 15.4 Å². The van der Waals surface area contributed by atoms with E-state index < -0.39 is 16.7 Å². The van der Waals surface area contributed by atoms with Crippen LogP contribution in [-0.4, -0.2) is 23.3 Å². The van der Waals surface area contributed by atoms with Crippen LogP contribution in [0, 0.1) is 10.1 Å². The fraction of sp³-hybridized carbons (Fsp3) is 0.111. The van der Waals surface area contributed by atoms with Gasteiger partial charge in [-0.3, -0.25) is 25.1 Å². The summed E-state index contributed by atoms with van der Waals surface area (Å²) in [7, 11) is 0. The number of nitro benzene ring substituents is 1. The van der Waals surface area contributed by atoms with Crippen molar-refractivity contribution in [3.8, 4) is 5.75 Å². The van der Waals surface area contributed by atoms with E-state index in [1.807, 2.05) is 5.43 Å². The highest BCUT2D eigenvalue weighted by molar-refractivity contribution is 6.10. The van der Waals surface area contributed by atoms with Gasteiger partial charge in [-0.05, 0) is 35.9 Å². The monoisotopic (exact) mass is 383 g/mol. The van der Waals surface area contributed by atoms with Crippen LogP contribution in [0.5, 0.6) is 5.75 Å². The molecule has 5 N–H and O–H groups in total. The Kier molecular flexibility index (Phi) is 5.23. The van der Waals surface area contributed by atoms with Gasteiger partial charge in [0.2, 0.25) is 5.91 Å². The molecule has 10 heteroatoms. The maximum absolute atomic E-state index is 12.9. The number of carbonyl (C=O) groups excluding carboxylic acids is 2. The van der Waals surface area contributed by atoms with Crippen LogP contribution >= 0.6 is 0 Å². The first-order chi connectivity index (χ1) is 13.4. The Bertz CT molecular complexity index is 971. The van der Waals surface area contributed by atoms with Crippen molar-refractivity contribution >= 4 is 35.0 Å². The molecule has 0 unspecified atom stereocenters. The molecule has 0 bridgehead atoms. The lowest BCUT2D eigenvalue weighted by atomic mass is 10.1. The van der Waals surface area contributed by atoms with E-state index in [0.717, 1.165) is 0 Å². The highest BCUT2D eigenvalue weighted by atomic mass is 16.6. The summed E-state index contributed by atoms with van der Waals surface area (Å²) in [4.78, 5) is 36.0. The number of nitrogen functional groups attached to an aromatic ring is 1. The summed E-state index contributed by atoms with van der Waals surface area (Å²) >= 11 is 0. The maximum Gasteiger partial charge on any atom is 0.294 e. The molecule has 3 rings (SSSR count). The van der Waals surface area contributed by atoms with Gasteiger partial charge in [-0.25, -0.2) is 5.84 Å². The minimum absolute atomic E-state index is 0.000102. The summed E-state index contributed by atoms with van der Waals surface area (Å²) < 4.78 is 5.70. The Morgan fingerprint density at radius 3 is 2.61 bits per heavy atom. The number of non-ortho nitro benzene ring substituents is 1. The third kappa shape index (κ3) is 3.91. The minimum atomic E-state index is -0.511. The quantitative estimate of drug-likeness (QED) is 0.176. The van der Waals surface area contributed by atoms with E-state index in [9.17, 15) is 19.7 Å². The van der Waals surface area contributed by atoms with Gasteiger partial charge in [0.1, 0.15) is 0 Å². The van der Waals surface area contributed by atoms with Crippen molar-refractivity contribution < 1.29 is 19.2 Å². The van der Waals surface area contributed by atoms with Gasteiger partial charge in [-0.2, -0.15) is 0 Å². The molecule has 2 aromatic rings. The van der Waals surface area contributed by atoms with Gasteiger partial charge in [0.25, 0.3) is 11.6 Å². The van der Waals surface area contributed by atoms with E-state index in [1.165, 1.54) is 35.2 Å². The summed E-state index contributed by atoms with van der Waals surface area (Å²) in [5, 5.41) is 10.8. The second-order valence-electron chi connectivity index (χ2n) is 5.96. The molecule has 1 aliphatic rings. The van der Waals surface area contributed by atoms with Gasteiger partial charge in [-0.1, -0.05) is 0 Å². The number of amides is 2. The van der Waals surface area contributed by atoms with Crippen LogP contribution in [0.25, 0.3) is 6.08 Å². The average molecular weight is 383 g/mol. The first-order valence-corrected chi connectivity index (χ1v) is 8.24. The van der Waals surface area contributed by atoms with Gasteiger partial charge in [0.15, 0.2) is 11.5 Å². The SMILES string of the molecule is NNC(=O)CCN1C(=O)/C(=C\c2ccc([N+](=O)[O-])cc2)Oc2cc(N)ccc21. The molecule has 28 heavy (non-hydrogen) atoms. The van der Waals surface area contributed by atoms with Crippen molar-refractivity contribution in [3.05, 3.63) is 63.9 Å². The molecule has 0 saturated carbocycles. The Balaban J connectivity index is 1.95. The average Bonchev–Trinajstić information content (AvgIpc) is 2.68. The van der Waals surface area contributed by atoms with E-state index in [-0.39, 0.29) is 24.4 Å². The number of nitro groups is 1. The molecule has 2 amide bonds. The van der Waals surface area contributed by atoms with Crippen molar-refractivity contribution in [3.63, 3.8) is 0 Å². The summed E-state index contributed by atoms with van der Waals surface area (Å²) in [5.41, 5.74) is 9.22. The molecule has 0 saturated heterocycles. The Labute approximate surface area is 159 Å². The van der Waals surface area contributed by atoms with E-state index >= 15 is 0 Å². The number of hydrazine groups is 1. The van der Waals surface area contributed by atoms with Gasteiger partial charge in [0, 0.05) is 36.9 Å². The number of anilines is 2. The Morgan fingerprint density at radius 2 is 1.96 bits per heavy atom. The van der Waals surface area contributed by atoms with Crippen LogP contribution in [0.4, 0.5) is 17.1 Å². The Morgan fingerprint density at radius 1 is 1.25 bits per heavy atom. The fourth-order valence-corrected chi connectivity index (χ4v) is 2.68. The number of hydrogen-bond donors (Lipinski definition) is 3. The number of hydrogen-bond acceptors (Lipinski definition) is 7. The molecule has 0 fully saturated rings. The first-order valence-electron chi connectivity index (χ1n) is 8.24. The van der Waals surface area contributed by atoms with Crippen molar-refractivity contribution in [2.24, 2.45) is 5.84 Å². The zero-order chi connectivity index (χ0) is 20.3. The van der Waals surface area contributed by atoms with Crippen LogP contribution in [0.15, 0.2) is 48.2 Å². The lowest BCUT2D eigenvalue weighted by Crippen LogP contribution is -2.40. The molecule has 1 heterocycles. The van der Waals surface area contributed by atoms with Gasteiger partial charge in [-0.15, -0.1) is 0 Å². The number of nitrogens with one attached hydrogen (secondary N) is 1. The molecule has 0 atom stereocenters. The molecule has 144 valence electrons. The topological polar surface area (TPSA) is 154 Å². The van der Waals surface area contributed by atoms with Crippen LogP contribution in [0.1, 0.15) is 12.0 Å². The fourth-order valence-electron chi connectivity index (χ4n) is 2.68. The number of carbonyl (C=O) groups is 2. The minimum Gasteiger partial charge on any atom is -0.449 e. The molecule has 2 aromatic carbocycles. The lowest BCUT2D eigenvalue weighted by molar-refractivity contribution is -0.384. The molecular weight excluding hydrogens is 366 g/mol. The highest BCUT2D eigenvalue weighted by Gasteiger charge is 2.30. The normalized spacial score (nSPS) is 14.4. The summed E-state index contributed by atoms with van der Waals surface area (Å²) in [6.45, 7) is 0.0831. The molecule has 0 spiro atoms. The molecule has 10 nitrogen and oxygen atoms in total.